The lowest BCUT2D eigenvalue weighted by atomic mass is 9.87. The monoisotopic (exact) mass is 849 g/mol. The van der Waals surface area contributed by atoms with E-state index in [1.807, 2.05) is 106 Å². The zero-order valence-electron chi connectivity index (χ0n) is 35.5. The van der Waals surface area contributed by atoms with Crippen LogP contribution in [0.5, 0.6) is 5.75 Å². The van der Waals surface area contributed by atoms with Crippen molar-refractivity contribution >= 4 is 35.7 Å². The molecule has 0 fully saturated rings. The normalized spacial score (nSPS) is 16.5. The Morgan fingerprint density at radius 2 is 1.48 bits per heavy atom. The molecule has 1 aliphatic rings. The average Bonchev–Trinajstić information content (AvgIpc) is 3.55. The highest BCUT2D eigenvalue weighted by Crippen LogP contribution is 2.45. The second-order valence-electron chi connectivity index (χ2n) is 17.6. The Hall–Kier alpha value is -4.72. The van der Waals surface area contributed by atoms with Crippen LogP contribution in [0.4, 0.5) is 26.7 Å². The summed E-state index contributed by atoms with van der Waals surface area (Å²) >= 11 is 0. The number of nitrogens with one attached hydrogen (secondary N) is 1. The number of ether oxygens (including phenoxy) is 2. The van der Waals surface area contributed by atoms with Crippen molar-refractivity contribution in [2.75, 3.05) is 39.5 Å². The summed E-state index contributed by atoms with van der Waals surface area (Å²) in [5, 5.41) is 1.98. The first-order valence-corrected chi connectivity index (χ1v) is 22.4. The van der Waals surface area contributed by atoms with Gasteiger partial charge in [-0.15, -0.1) is 0 Å². The van der Waals surface area contributed by atoms with Crippen LogP contribution in [0.3, 0.4) is 0 Å². The van der Waals surface area contributed by atoms with Gasteiger partial charge >= 0.3 is 6.09 Å². The molecule has 0 unspecified atom stereocenters. The molecule has 7 nitrogen and oxygen atoms in total. The number of para-hydroxylation sites is 1. The Balaban J connectivity index is 1.35. The molecule has 4 aromatic carbocycles. The largest absolute Gasteiger partial charge is 0.489 e. The molecule has 1 N–H and O–H groups in total. The topological polar surface area (TPSA) is 67.0 Å². The molecule has 0 saturated carbocycles. The highest BCUT2D eigenvalue weighted by molar-refractivity contribution is 6.99. The number of alkyl halides is 3. The number of amides is 1. The van der Waals surface area contributed by atoms with Crippen molar-refractivity contribution in [3.63, 3.8) is 0 Å². The molecule has 5 aromatic rings. The Kier molecular flexibility index (Phi) is 13.5. The molecule has 1 amide bonds. The molecule has 0 aliphatic carbocycles. The van der Waals surface area contributed by atoms with E-state index >= 15 is 17.6 Å². The average molecular weight is 850 g/mol. The molecule has 0 bridgehead atoms. The zero-order chi connectivity index (χ0) is 43.5. The fraction of sp³-hybridized carbons (Fsp3) is 0.426. The highest BCUT2D eigenvalue weighted by Gasteiger charge is 2.53. The van der Waals surface area contributed by atoms with E-state index in [4.69, 9.17) is 13.9 Å². The van der Waals surface area contributed by atoms with Gasteiger partial charge in [0.15, 0.2) is 11.6 Å². The molecular weight excluding hydrogens is 794 g/mol. The Bertz CT molecular complexity index is 2190. The molecule has 2 heterocycles. The maximum absolute atomic E-state index is 17.0. The number of H-pyrrole nitrogens is 1. The molecule has 1 aliphatic heterocycles. The summed E-state index contributed by atoms with van der Waals surface area (Å²) in [5.41, 5.74) is 0.662. The van der Waals surface area contributed by atoms with E-state index in [1.165, 1.54) is 9.80 Å². The van der Waals surface area contributed by atoms with E-state index in [-0.39, 0.29) is 31.9 Å². The van der Waals surface area contributed by atoms with Crippen LogP contribution in [-0.4, -0.2) is 86.3 Å². The number of rotatable bonds is 15. The van der Waals surface area contributed by atoms with Crippen molar-refractivity contribution in [3.05, 3.63) is 126 Å². The van der Waals surface area contributed by atoms with Crippen molar-refractivity contribution in [1.29, 1.82) is 0 Å². The van der Waals surface area contributed by atoms with E-state index in [0.29, 0.717) is 17.6 Å². The number of carbonyl (C=O) groups is 1. The smallest absolute Gasteiger partial charge is 0.410 e. The quantitative estimate of drug-likeness (QED) is 0.0840. The van der Waals surface area contributed by atoms with Gasteiger partial charge in [0.25, 0.3) is 14.2 Å². The lowest BCUT2D eigenvalue weighted by Gasteiger charge is -2.45. The van der Waals surface area contributed by atoms with E-state index in [1.54, 1.807) is 27.7 Å². The number of halogens is 5. The third-order valence-electron chi connectivity index (χ3n) is 11.0. The SMILES string of the molecule is C[C@@H]1Cc2c([nH]c3ccccc23)[C@@H](c2c(F)ccc(OCCN(CCCF)C(=O)OC(C)(C)C)c2F)N1CC(F)(F)CO[Si](c1ccccc1)(c1ccccc1)C(C)(C)C. The standard InChI is InChI=1S/C47H56F5N3O4Si/c1-32-29-36-35-21-14-15-22-38(35)53-42(36)43(40-37(49)23-24-39(41(40)50)57-28-27-54(26-16-25-48)44(56)59-45(2,3)4)55(32)30-47(51,52)31-58-60(46(5,6)7,33-17-10-8-11-18-33)34-19-12-9-13-20-34/h8-15,17-24,32,43,53H,16,25-31H2,1-7H3/t32-,43-/m1/s1. The number of fused-ring (bicyclic) bond motifs is 3. The lowest BCUT2D eigenvalue weighted by Crippen LogP contribution is -2.67. The van der Waals surface area contributed by atoms with Gasteiger partial charge in [-0.25, -0.2) is 22.4 Å². The van der Waals surface area contributed by atoms with Crippen molar-refractivity contribution in [2.45, 2.75) is 90.0 Å². The Labute approximate surface area is 351 Å². The fourth-order valence-electron chi connectivity index (χ4n) is 8.40. The highest BCUT2D eigenvalue weighted by atomic mass is 28.4. The maximum Gasteiger partial charge on any atom is 0.410 e. The van der Waals surface area contributed by atoms with Gasteiger partial charge < -0.3 is 23.8 Å². The zero-order valence-corrected chi connectivity index (χ0v) is 36.5. The number of benzene rings is 4. The Morgan fingerprint density at radius 3 is 2.08 bits per heavy atom. The van der Waals surface area contributed by atoms with Gasteiger partial charge in [0.2, 0.25) is 0 Å². The van der Waals surface area contributed by atoms with Crippen LogP contribution in [0.2, 0.25) is 5.04 Å². The predicted molar refractivity (Wildman–Crippen MR) is 229 cm³/mol. The number of aromatic amines is 1. The minimum absolute atomic E-state index is 0.0397. The summed E-state index contributed by atoms with van der Waals surface area (Å²) in [7, 11) is -3.37. The van der Waals surface area contributed by atoms with Crippen LogP contribution < -0.4 is 15.1 Å². The van der Waals surface area contributed by atoms with Gasteiger partial charge in [0, 0.05) is 29.2 Å². The number of hydrogen-bond acceptors (Lipinski definition) is 5. The molecule has 6 rings (SSSR count). The number of aromatic nitrogens is 1. The number of hydrogen-bond donors (Lipinski definition) is 1. The van der Waals surface area contributed by atoms with Crippen LogP contribution >= 0.6 is 0 Å². The van der Waals surface area contributed by atoms with Gasteiger partial charge in [-0.1, -0.05) is 99.6 Å². The van der Waals surface area contributed by atoms with E-state index in [0.717, 1.165) is 33.5 Å². The first kappa shape index (κ1) is 44.8. The minimum atomic E-state index is -3.48. The van der Waals surface area contributed by atoms with Gasteiger partial charge in [-0.2, -0.15) is 0 Å². The molecule has 13 heteroatoms. The summed E-state index contributed by atoms with van der Waals surface area (Å²) in [6.45, 7) is 10.2. The second kappa shape index (κ2) is 18.1. The second-order valence-corrected chi connectivity index (χ2v) is 21.9. The van der Waals surface area contributed by atoms with E-state index in [9.17, 15) is 9.18 Å². The van der Waals surface area contributed by atoms with Crippen LogP contribution in [0, 0.1) is 11.6 Å². The molecule has 2 atom stereocenters. The Morgan fingerprint density at radius 1 is 0.867 bits per heavy atom. The number of carbonyl (C=O) groups excluding carboxylic acids is 1. The minimum Gasteiger partial charge on any atom is -0.489 e. The first-order valence-electron chi connectivity index (χ1n) is 20.5. The third kappa shape index (κ3) is 9.58. The van der Waals surface area contributed by atoms with Crippen molar-refractivity contribution in [2.24, 2.45) is 0 Å². The van der Waals surface area contributed by atoms with E-state index < -0.39 is 80.1 Å². The number of nitrogens with zero attached hydrogens (tertiary/aromatic N) is 2. The maximum atomic E-state index is 17.0. The predicted octanol–water partition coefficient (Wildman–Crippen LogP) is 9.97. The molecule has 0 radical (unpaired) electrons. The van der Waals surface area contributed by atoms with Crippen molar-refractivity contribution in [3.8, 4) is 5.75 Å². The summed E-state index contributed by atoms with van der Waals surface area (Å²) in [6.07, 6.45) is -0.275. The fourth-order valence-corrected chi connectivity index (χ4v) is 13.0. The van der Waals surface area contributed by atoms with Crippen molar-refractivity contribution < 1.29 is 40.6 Å². The molecule has 60 heavy (non-hydrogen) atoms. The van der Waals surface area contributed by atoms with Crippen LogP contribution in [0.1, 0.15) is 77.7 Å². The van der Waals surface area contributed by atoms with Gasteiger partial charge in [-0.05, 0) is 79.7 Å². The molecule has 0 saturated heterocycles. The summed E-state index contributed by atoms with van der Waals surface area (Å²) in [4.78, 5) is 18.9. The summed E-state index contributed by atoms with van der Waals surface area (Å²) in [5.74, 6) is -5.78. The van der Waals surface area contributed by atoms with Gasteiger partial charge in [0.05, 0.1) is 38.0 Å². The molecule has 0 spiro atoms. The summed E-state index contributed by atoms with van der Waals surface area (Å²) < 4.78 is 98.3. The van der Waals surface area contributed by atoms with Gasteiger partial charge in [0.1, 0.15) is 18.0 Å². The van der Waals surface area contributed by atoms with Crippen LogP contribution in [-0.2, 0) is 15.6 Å². The molecular formula is C47H56F5N3O4Si. The van der Waals surface area contributed by atoms with Crippen molar-refractivity contribution in [1.82, 2.24) is 14.8 Å². The van der Waals surface area contributed by atoms with Gasteiger partial charge in [-0.3, -0.25) is 9.29 Å². The van der Waals surface area contributed by atoms with Crippen LogP contribution in [0.25, 0.3) is 10.9 Å². The third-order valence-corrected chi connectivity index (χ3v) is 16.0. The van der Waals surface area contributed by atoms with E-state index in [2.05, 4.69) is 4.98 Å². The lowest BCUT2D eigenvalue weighted by molar-refractivity contribution is -0.0825. The first-order chi connectivity index (χ1) is 28.4. The molecule has 322 valence electrons. The molecule has 1 aromatic heterocycles. The summed E-state index contributed by atoms with van der Waals surface area (Å²) in [6, 6.07) is 26.8. The van der Waals surface area contributed by atoms with Crippen LogP contribution in [0.15, 0.2) is 97.1 Å².